The molecule has 0 bridgehead atoms. The zero-order valence-corrected chi connectivity index (χ0v) is 26.5. The first kappa shape index (κ1) is 38.8. The minimum absolute atomic E-state index is 0.126. The Hall–Kier alpha value is -2.17. The van der Waals surface area contributed by atoms with Gasteiger partial charge in [-0.25, -0.2) is 0 Å². The number of aliphatic hydroxyl groups is 2. The van der Waals surface area contributed by atoms with E-state index in [1.165, 1.54) is 57.8 Å². The maximum absolute atomic E-state index is 12.2. The van der Waals surface area contributed by atoms with E-state index in [9.17, 15) is 15.0 Å². The first-order valence-electron chi connectivity index (χ1n) is 16.7. The molecule has 3 N–H and O–H groups in total. The quantitative estimate of drug-likeness (QED) is 0.0649. The summed E-state index contributed by atoms with van der Waals surface area (Å²) in [7, 11) is 0. The summed E-state index contributed by atoms with van der Waals surface area (Å²) >= 11 is 0. The van der Waals surface area contributed by atoms with E-state index in [0.29, 0.717) is 6.42 Å². The Morgan fingerprint density at radius 3 is 1.59 bits per heavy atom. The van der Waals surface area contributed by atoms with Gasteiger partial charge in [-0.05, 0) is 57.8 Å². The van der Waals surface area contributed by atoms with Crippen molar-refractivity contribution in [1.29, 1.82) is 0 Å². The first-order valence-corrected chi connectivity index (χ1v) is 16.7. The van der Waals surface area contributed by atoms with Crippen molar-refractivity contribution >= 4 is 5.91 Å². The highest BCUT2D eigenvalue weighted by molar-refractivity contribution is 5.76. The Morgan fingerprint density at radius 2 is 1.07 bits per heavy atom. The monoisotopic (exact) mass is 569 g/mol. The lowest BCUT2D eigenvalue weighted by Gasteiger charge is -2.19. The molecule has 1 amide bonds. The van der Waals surface area contributed by atoms with Crippen molar-refractivity contribution in [2.45, 2.75) is 148 Å². The standard InChI is InChI=1S/C37H63NO3/c1-3-5-7-9-11-13-15-17-18-19-20-21-23-25-27-29-31-33-37(41)38-35(34-39)36(40)32-30-28-26-24-22-16-14-12-10-8-6-4-2/h5,7,11,13,17-18,20-21,25,27,30,32,35-36,39-40H,3-4,6,8-10,12,14-16,19,22-24,26,28-29,31,33-34H2,1-2H3,(H,38,41)/b7-5-,13-11-,18-17-,21-20-,27-25-,32-30+. The Balaban J connectivity index is 3.83. The van der Waals surface area contributed by atoms with Crippen LogP contribution in [0.25, 0.3) is 0 Å². The molecule has 0 aliphatic rings. The van der Waals surface area contributed by atoms with E-state index in [0.717, 1.165) is 57.8 Å². The van der Waals surface area contributed by atoms with Crippen molar-refractivity contribution < 1.29 is 15.0 Å². The molecule has 0 aromatic rings. The van der Waals surface area contributed by atoms with E-state index in [1.807, 2.05) is 6.08 Å². The fourth-order valence-corrected chi connectivity index (χ4v) is 4.39. The second-order valence-electron chi connectivity index (χ2n) is 10.8. The van der Waals surface area contributed by atoms with Gasteiger partial charge in [0.25, 0.3) is 0 Å². The number of unbranched alkanes of at least 4 members (excludes halogenated alkanes) is 11. The maximum atomic E-state index is 12.2. The van der Waals surface area contributed by atoms with Crippen LogP contribution in [0.3, 0.4) is 0 Å². The number of hydrogen-bond acceptors (Lipinski definition) is 3. The number of amides is 1. The van der Waals surface area contributed by atoms with Crippen LogP contribution in [0.5, 0.6) is 0 Å². The van der Waals surface area contributed by atoms with Crippen LogP contribution >= 0.6 is 0 Å². The summed E-state index contributed by atoms with van der Waals surface area (Å²) in [6.07, 6.45) is 45.5. The van der Waals surface area contributed by atoms with Crippen molar-refractivity contribution in [2.24, 2.45) is 0 Å². The highest BCUT2D eigenvalue weighted by atomic mass is 16.3. The third-order valence-electron chi connectivity index (χ3n) is 6.95. The molecule has 0 aliphatic heterocycles. The molecule has 234 valence electrons. The van der Waals surface area contributed by atoms with Gasteiger partial charge in [-0.15, -0.1) is 0 Å². The van der Waals surface area contributed by atoms with Gasteiger partial charge >= 0.3 is 0 Å². The fraction of sp³-hybridized carbons (Fsp3) is 0.649. The van der Waals surface area contributed by atoms with Crippen LogP contribution < -0.4 is 5.32 Å². The first-order chi connectivity index (χ1) is 20.2. The molecule has 0 spiro atoms. The molecule has 4 heteroatoms. The summed E-state index contributed by atoms with van der Waals surface area (Å²) in [4.78, 5) is 12.2. The Bertz CT molecular complexity index is 747. The van der Waals surface area contributed by atoms with Gasteiger partial charge in [-0.3, -0.25) is 4.79 Å². The van der Waals surface area contributed by atoms with Gasteiger partial charge in [0.05, 0.1) is 18.8 Å². The van der Waals surface area contributed by atoms with Gasteiger partial charge in [-0.1, -0.05) is 145 Å². The molecule has 2 atom stereocenters. The number of carbonyl (C=O) groups is 1. The molecule has 0 fully saturated rings. The summed E-state index contributed by atoms with van der Waals surface area (Å²) in [6, 6.07) is -0.653. The molecule has 0 saturated heterocycles. The largest absolute Gasteiger partial charge is 0.394 e. The zero-order valence-electron chi connectivity index (χ0n) is 26.5. The molecule has 0 saturated carbocycles. The smallest absolute Gasteiger partial charge is 0.220 e. The lowest BCUT2D eigenvalue weighted by atomic mass is 10.1. The lowest BCUT2D eigenvalue weighted by molar-refractivity contribution is -0.122. The van der Waals surface area contributed by atoms with Crippen molar-refractivity contribution in [2.75, 3.05) is 6.61 Å². The van der Waals surface area contributed by atoms with Crippen molar-refractivity contribution in [1.82, 2.24) is 5.32 Å². The topological polar surface area (TPSA) is 69.6 Å². The van der Waals surface area contributed by atoms with Gasteiger partial charge in [0.2, 0.25) is 5.91 Å². The average molecular weight is 570 g/mol. The number of hydrogen-bond donors (Lipinski definition) is 3. The normalized spacial score (nSPS) is 14.1. The van der Waals surface area contributed by atoms with E-state index in [4.69, 9.17) is 0 Å². The Kier molecular flexibility index (Phi) is 30.6. The SMILES string of the molecule is CC/C=C\C/C=C\C/C=C\C/C=C\C/C=C\CCCC(=O)NC(CO)C(O)/C=C/CCCCCCCCCCCC. The van der Waals surface area contributed by atoms with Gasteiger partial charge in [-0.2, -0.15) is 0 Å². The summed E-state index contributed by atoms with van der Waals surface area (Å²) in [5, 5.41) is 22.7. The predicted octanol–water partition coefficient (Wildman–Crippen LogP) is 9.61. The lowest BCUT2D eigenvalue weighted by Crippen LogP contribution is -2.45. The summed E-state index contributed by atoms with van der Waals surface area (Å²) in [5.41, 5.74) is 0. The van der Waals surface area contributed by atoms with Crippen LogP contribution in [0.4, 0.5) is 0 Å². The fourth-order valence-electron chi connectivity index (χ4n) is 4.39. The van der Waals surface area contributed by atoms with Gasteiger partial charge in [0, 0.05) is 6.42 Å². The van der Waals surface area contributed by atoms with Crippen molar-refractivity contribution in [3.05, 3.63) is 72.9 Å². The molecule has 4 nitrogen and oxygen atoms in total. The van der Waals surface area contributed by atoms with Crippen LogP contribution in [-0.4, -0.2) is 34.9 Å². The maximum Gasteiger partial charge on any atom is 0.220 e. The Labute approximate surface area is 253 Å². The number of allylic oxidation sites excluding steroid dienone is 11. The van der Waals surface area contributed by atoms with Gasteiger partial charge in [0.1, 0.15) is 0 Å². The molecule has 0 rings (SSSR count). The summed E-state index contributed by atoms with van der Waals surface area (Å²) in [5.74, 6) is -0.126. The van der Waals surface area contributed by atoms with Gasteiger partial charge < -0.3 is 15.5 Å². The molecule has 0 aromatic carbocycles. The predicted molar refractivity (Wildman–Crippen MR) is 179 cm³/mol. The van der Waals surface area contributed by atoms with Crippen LogP contribution in [0.15, 0.2) is 72.9 Å². The van der Waals surface area contributed by atoms with Crippen LogP contribution in [0.1, 0.15) is 136 Å². The van der Waals surface area contributed by atoms with E-state index >= 15 is 0 Å². The van der Waals surface area contributed by atoms with E-state index in [-0.39, 0.29) is 12.5 Å². The molecule has 2 unspecified atom stereocenters. The van der Waals surface area contributed by atoms with Crippen molar-refractivity contribution in [3.8, 4) is 0 Å². The minimum Gasteiger partial charge on any atom is -0.394 e. The third kappa shape index (κ3) is 29.1. The van der Waals surface area contributed by atoms with Crippen LogP contribution in [0.2, 0.25) is 0 Å². The van der Waals surface area contributed by atoms with E-state index < -0.39 is 12.1 Å². The average Bonchev–Trinajstić information content (AvgIpc) is 2.97. The van der Waals surface area contributed by atoms with E-state index in [1.54, 1.807) is 6.08 Å². The highest BCUT2D eigenvalue weighted by Crippen LogP contribution is 2.11. The minimum atomic E-state index is -0.863. The molecular weight excluding hydrogens is 506 g/mol. The summed E-state index contributed by atoms with van der Waals surface area (Å²) in [6.45, 7) is 4.13. The van der Waals surface area contributed by atoms with Gasteiger partial charge in [0.15, 0.2) is 0 Å². The number of carbonyl (C=O) groups excluding carboxylic acids is 1. The molecule has 0 aliphatic carbocycles. The second-order valence-corrected chi connectivity index (χ2v) is 10.8. The Morgan fingerprint density at radius 1 is 0.610 bits per heavy atom. The number of rotatable bonds is 28. The second kappa shape index (κ2) is 32.3. The molecule has 0 heterocycles. The zero-order chi connectivity index (χ0) is 30.1. The summed E-state index contributed by atoms with van der Waals surface area (Å²) < 4.78 is 0. The highest BCUT2D eigenvalue weighted by Gasteiger charge is 2.17. The molecule has 41 heavy (non-hydrogen) atoms. The third-order valence-corrected chi connectivity index (χ3v) is 6.95. The number of aliphatic hydroxyl groups excluding tert-OH is 2. The van der Waals surface area contributed by atoms with E-state index in [2.05, 4.69) is 79.9 Å². The number of nitrogens with one attached hydrogen (secondary N) is 1. The van der Waals surface area contributed by atoms with Crippen molar-refractivity contribution in [3.63, 3.8) is 0 Å². The van der Waals surface area contributed by atoms with Crippen LogP contribution in [0, 0.1) is 0 Å². The molecule has 0 aromatic heterocycles. The van der Waals surface area contributed by atoms with Crippen LogP contribution in [-0.2, 0) is 4.79 Å². The molecule has 0 radical (unpaired) electrons. The molecular formula is C37H63NO3.